The van der Waals surface area contributed by atoms with E-state index in [1.165, 1.54) is 32.1 Å². The molecule has 3 heteroatoms. The molecule has 0 amide bonds. The van der Waals surface area contributed by atoms with E-state index in [9.17, 15) is 15.0 Å². The lowest BCUT2D eigenvalue weighted by Crippen LogP contribution is -2.56. The highest BCUT2D eigenvalue weighted by molar-refractivity contribution is 5.79. The molecule has 0 aliphatic heterocycles. The molecule has 0 saturated heterocycles. The molecule has 0 heterocycles. The average Bonchev–Trinajstić information content (AvgIpc) is 3.11. The van der Waals surface area contributed by atoms with Crippen molar-refractivity contribution >= 4 is 5.78 Å². The van der Waals surface area contributed by atoms with Gasteiger partial charge in [0.05, 0.1) is 0 Å². The summed E-state index contributed by atoms with van der Waals surface area (Å²) >= 11 is 0. The molecular weight excluding hydrogens is 396 g/mol. The fourth-order valence-corrected chi connectivity index (χ4v) is 8.80. The van der Waals surface area contributed by atoms with Crippen molar-refractivity contribution in [1.29, 1.82) is 0 Å². The number of rotatable bonds is 1. The van der Waals surface area contributed by atoms with Crippen LogP contribution in [0.25, 0.3) is 0 Å². The maximum Gasteiger partial charge on any atom is 0.133 e. The fourth-order valence-electron chi connectivity index (χ4n) is 8.80. The number of carbonyl (C=O) groups excluding carboxylic acids is 1. The van der Waals surface area contributed by atoms with Crippen LogP contribution in [-0.2, 0) is 4.79 Å². The summed E-state index contributed by atoms with van der Waals surface area (Å²) in [6.07, 6.45) is 9.67. The highest BCUT2D eigenvalue weighted by Crippen LogP contribution is 2.68. The standard InChI is InChI=1S/C29H38O3/c1-19(30)24-9-10-25-23-8-7-21-18-29(32,14-11-20-5-4-6-22(31)17-20)16-15-27(21,2)26(23)12-13-28(24,25)3/h4-6,17,21,23-26,31-32H,7-10,12-13,15-16,18H2,1-3H3/t21-,23?,24-,25?,26?,27+,28-,29-/m1/s1. The first kappa shape index (κ1) is 22.0. The van der Waals surface area contributed by atoms with Gasteiger partial charge in [0.2, 0.25) is 0 Å². The minimum Gasteiger partial charge on any atom is -0.508 e. The Morgan fingerprint density at radius 3 is 2.53 bits per heavy atom. The van der Waals surface area contributed by atoms with Gasteiger partial charge in [0.15, 0.2) is 0 Å². The van der Waals surface area contributed by atoms with Gasteiger partial charge in [-0.3, -0.25) is 4.79 Å². The molecule has 2 N–H and O–H groups in total. The number of aliphatic hydroxyl groups is 1. The van der Waals surface area contributed by atoms with Crippen molar-refractivity contribution in [3.63, 3.8) is 0 Å². The Balaban J connectivity index is 1.35. The van der Waals surface area contributed by atoms with E-state index in [0.29, 0.717) is 23.5 Å². The first-order valence-electron chi connectivity index (χ1n) is 12.7. The minimum absolute atomic E-state index is 0.207. The van der Waals surface area contributed by atoms with Crippen LogP contribution in [0.4, 0.5) is 0 Å². The van der Waals surface area contributed by atoms with Crippen molar-refractivity contribution < 1.29 is 15.0 Å². The van der Waals surface area contributed by atoms with Crippen molar-refractivity contribution in [2.24, 2.45) is 40.4 Å². The van der Waals surface area contributed by atoms with E-state index in [4.69, 9.17) is 0 Å². The zero-order valence-corrected chi connectivity index (χ0v) is 19.9. The van der Waals surface area contributed by atoms with Crippen LogP contribution in [0.2, 0.25) is 0 Å². The molecule has 0 aromatic heterocycles. The highest BCUT2D eigenvalue weighted by atomic mass is 16.3. The molecule has 1 aromatic rings. The summed E-state index contributed by atoms with van der Waals surface area (Å²) in [6.45, 7) is 6.72. The maximum atomic E-state index is 12.4. The number of aromatic hydroxyl groups is 1. The van der Waals surface area contributed by atoms with Gasteiger partial charge in [-0.2, -0.15) is 0 Å². The first-order chi connectivity index (χ1) is 15.1. The number of benzene rings is 1. The van der Waals surface area contributed by atoms with Crippen molar-refractivity contribution in [2.75, 3.05) is 0 Å². The van der Waals surface area contributed by atoms with Gasteiger partial charge in [0.1, 0.15) is 17.1 Å². The van der Waals surface area contributed by atoms with Gasteiger partial charge in [0, 0.05) is 11.5 Å². The molecule has 1 aromatic carbocycles. The fraction of sp³-hybridized carbons (Fsp3) is 0.690. The smallest absolute Gasteiger partial charge is 0.133 e. The maximum absolute atomic E-state index is 12.4. The summed E-state index contributed by atoms with van der Waals surface area (Å²) in [5.41, 5.74) is 0.303. The van der Waals surface area contributed by atoms with E-state index >= 15 is 0 Å². The Labute approximate surface area is 193 Å². The SMILES string of the molecule is CC(=O)[C@H]1CCC2C3CC[C@@H]4C[C@@](O)(C#Cc5cccc(O)c5)CC[C@]4(C)C3CC[C@@]21C. The van der Waals surface area contributed by atoms with Crippen molar-refractivity contribution in [2.45, 2.75) is 84.2 Å². The second-order valence-corrected chi connectivity index (χ2v) is 12.0. The van der Waals surface area contributed by atoms with Gasteiger partial charge >= 0.3 is 0 Å². The van der Waals surface area contributed by atoms with Gasteiger partial charge in [-0.1, -0.05) is 31.8 Å². The second kappa shape index (κ2) is 7.63. The van der Waals surface area contributed by atoms with Crippen LogP contribution in [0.1, 0.15) is 84.1 Å². The summed E-state index contributed by atoms with van der Waals surface area (Å²) in [5, 5.41) is 21.1. The van der Waals surface area contributed by atoms with Crippen LogP contribution in [-0.4, -0.2) is 21.6 Å². The van der Waals surface area contributed by atoms with E-state index in [2.05, 4.69) is 25.7 Å². The number of Topliss-reactive ketones (excluding diaryl/α,β-unsaturated/α-hetero) is 1. The number of phenolic OH excluding ortho intramolecular Hbond substituents is 1. The number of carbonyl (C=O) groups is 1. The third kappa shape index (κ3) is 3.41. The quantitative estimate of drug-likeness (QED) is 0.556. The van der Waals surface area contributed by atoms with Crippen LogP contribution in [0.3, 0.4) is 0 Å². The molecule has 0 spiro atoms. The van der Waals surface area contributed by atoms with E-state index in [1.807, 2.05) is 13.0 Å². The molecule has 0 radical (unpaired) electrons. The molecule has 4 aliphatic carbocycles. The monoisotopic (exact) mass is 434 g/mol. The lowest BCUT2D eigenvalue weighted by molar-refractivity contribution is -0.144. The Hall–Kier alpha value is -1.79. The number of phenols is 1. The molecule has 0 bridgehead atoms. The lowest BCUT2D eigenvalue weighted by Gasteiger charge is -2.61. The second-order valence-electron chi connectivity index (χ2n) is 12.0. The normalized spacial score (nSPS) is 45.1. The molecule has 172 valence electrons. The predicted octanol–water partition coefficient (Wildman–Crippen LogP) is 5.72. The summed E-state index contributed by atoms with van der Waals surface area (Å²) in [5.74, 6) is 9.84. The number of hydrogen-bond donors (Lipinski definition) is 2. The van der Waals surface area contributed by atoms with E-state index in [1.54, 1.807) is 18.2 Å². The van der Waals surface area contributed by atoms with Gasteiger partial charge in [-0.25, -0.2) is 0 Å². The van der Waals surface area contributed by atoms with E-state index in [-0.39, 0.29) is 22.5 Å². The number of hydrogen-bond acceptors (Lipinski definition) is 3. The van der Waals surface area contributed by atoms with Crippen molar-refractivity contribution in [3.05, 3.63) is 29.8 Å². The highest BCUT2D eigenvalue weighted by Gasteiger charge is 2.61. The van der Waals surface area contributed by atoms with Gasteiger partial charge in [-0.05, 0) is 117 Å². The molecular formula is C29H38O3. The third-order valence-corrected chi connectivity index (χ3v) is 10.5. The molecule has 32 heavy (non-hydrogen) atoms. The Morgan fingerprint density at radius 2 is 1.78 bits per heavy atom. The van der Waals surface area contributed by atoms with Crippen LogP contribution >= 0.6 is 0 Å². The lowest BCUT2D eigenvalue weighted by atomic mass is 9.44. The van der Waals surface area contributed by atoms with Crippen LogP contribution in [0.15, 0.2) is 24.3 Å². The van der Waals surface area contributed by atoms with Crippen LogP contribution in [0.5, 0.6) is 5.75 Å². The van der Waals surface area contributed by atoms with Crippen LogP contribution in [0, 0.1) is 52.3 Å². The first-order valence-corrected chi connectivity index (χ1v) is 12.7. The van der Waals surface area contributed by atoms with E-state index < -0.39 is 5.60 Å². The molecule has 4 fully saturated rings. The molecule has 5 rings (SSSR count). The number of fused-ring (bicyclic) bond motifs is 5. The van der Waals surface area contributed by atoms with Crippen molar-refractivity contribution in [3.8, 4) is 17.6 Å². The molecule has 4 aliphatic rings. The topological polar surface area (TPSA) is 57.5 Å². The van der Waals surface area contributed by atoms with Crippen LogP contribution < -0.4 is 0 Å². The summed E-state index contributed by atoms with van der Waals surface area (Å²) < 4.78 is 0. The largest absolute Gasteiger partial charge is 0.508 e. The molecule has 8 atom stereocenters. The molecule has 3 nitrogen and oxygen atoms in total. The Bertz CT molecular complexity index is 972. The van der Waals surface area contributed by atoms with Gasteiger partial charge < -0.3 is 10.2 Å². The van der Waals surface area contributed by atoms with Crippen molar-refractivity contribution in [1.82, 2.24) is 0 Å². The zero-order valence-electron chi connectivity index (χ0n) is 19.9. The average molecular weight is 435 g/mol. The number of ketones is 1. The Kier molecular flexibility index (Phi) is 5.25. The summed E-state index contributed by atoms with van der Waals surface area (Å²) in [7, 11) is 0. The van der Waals surface area contributed by atoms with Gasteiger partial charge in [-0.15, -0.1) is 0 Å². The predicted molar refractivity (Wildman–Crippen MR) is 126 cm³/mol. The third-order valence-electron chi connectivity index (χ3n) is 10.5. The van der Waals surface area contributed by atoms with E-state index in [0.717, 1.165) is 37.2 Å². The zero-order chi connectivity index (χ0) is 22.7. The molecule has 3 unspecified atom stereocenters. The molecule has 4 saturated carbocycles. The summed E-state index contributed by atoms with van der Waals surface area (Å²) in [4.78, 5) is 12.4. The minimum atomic E-state index is -0.932. The summed E-state index contributed by atoms with van der Waals surface area (Å²) in [6, 6.07) is 6.97. The Morgan fingerprint density at radius 1 is 1.00 bits per heavy atom. The van der Waals surface area contributed by atoms with Gasteiger partial charge in [0.25, 0.3) is 0 Å².